The van der Waals surface area contributed by atoms with E-state index in [4.69, 9.17) is 14.2 Å². The zero-order valence-electron chi connectivity index (χ0n) is 16.8. The molecule has 2 aromatic rings. The van der Waals surface area contributed by atoms with Crippen molar-refractivity contribution < 1.29 is 39.4 Å². The Balaban J connectivity index is 0.000000735. The van der Waals surface area contributed by atoms with Crippen molar-refractivity contribution in [3.8, 4) is 28.4 Å². The lowest BCUT2D eigenvalue weighted by molar-refractivity contribution is -0.229. The summed E-state index contributed by atoms with van der Waals surface area (Å²) in [4.78, 5) is 9.22. The van der Waals surface area contributed by atoms with Crippen LogP contribution in [-0.4, -0.2) is 64.7 Å². The lowest BCUT2D eigenvalue weighted by atomic mass is 10.0. The molecule has 9 heteroatoms. The van der Waals surface area contributed by atoms with Crippen molar-refractivity contribution in [2.24, 2.45) is 5.73 Å². The highest BCUT2D eigenvalue weighted by atomic mass is 16.7. The zero-order chi connectivity index (χ0) is 22.3. The zero-order valence-corrected chi connectivity index (χ0v) is 16.8. The second-order valence-electron chi connectivity index (χ2n) is 6.69. The fraction of sp³-hybridized carbons (Fsp3) is 0.381. The van der Waals surface area contributed by atoms with E-state index in [0.29, 0.717) is 22.6 Å². The van der Waals surface area contributed by atoms with Crippen LogP contribution in [0.3, 0.4) is 0 Å². The van der Waals surface area contributed by atoms with E-state index in [2.05, 4.69) is 5.73 Å². The van der Waals surface area contributed by atoms with E-state index in [1.165, 1.54) is 20.1 Å². The maximum Gasteiger partial charge on any atom is 0.214 e. The Hall–Kier alpha value is -2.85. The van der Waals surface area contributed by atoms with Gasteiger partial charge in [-0.15, -0.1) is 0 Å². The standard InChI is InChI=1S/C19H22O7.C2H5NO/c1-24-15-7-6-11(21)8-13(15)12-4-2-3-5-16(12)25-18-9-14(22)19(23)17(10-20)26-18;1-2(3)4/h2-8,14,17-23H,9-10H2,1H3;1H3,(H2,3,4). The highest BCUT2D eigenvalue weighted by Gasteiger charge is 2.37. The van der Waals surface area contributed by atoms with Crippen LogP contribution in [0.4, 0.5) is 0 Å². The first-order valence-electron chi connectivity index (χ1n) is 9.28. The Kier molecular flexibility index (Phi) is 8.43. The van der Waals surface area contributed by atoms with Gasteiger partial charge in [0, 0.05) is 24.5 Å². The summed E-state index contributed by atoms with van der Waals surface area (Å²) in [5.41, 5.74) is 5.78. The molecule has 0 radical (unpaired) electrons. The summed E-state index contributed by atoms with van der Waals surface area (Å²) in [6.45, 7) is 0.875. The lowest BCUT2D eigenvalue weighted by Gasteiger charge is -2.36. The minimum atomic E-state index is -1.17. The van der Waals surface area contributed by atoms with Gasteiger partial charge < -0.3 is 40.4 Å². The number of para-hydroxylation sites is 1. The normalized spacial score (nSPS) is 23.1. The van der Waals surface area contributed by atoms with Gasteiger partial charge in [0.25, 0.3) is 0 Å². The number of carbonyl (C=O) groups is 1. The van der Waals surface area contributed by atoms with E-state index in [0.717, 1.165) is 0 Å². The Morgan fingerprint density at radius 1 is 1.17 bits per heavy atom. The monoisotopic (exact) mass is 421 g/mol. The van der Waals surface area contributed by atoms with Gasteiger partial charge in [-0.25, -0.2) is 0 Å². The molecule has 1 aliphatic rings. The predicted octanol–water partition coefficient (Wildman–Crippen LogP) is 0.767. The van der Waals surface area contributed by atoms with Gasteiger partial charge in [-0.1, -0.05) is 18.2 Å². The molecule has 0 saturated carbocycles. The fourth-order valence-corrected chi connectivity index (χ4v) is 2.98. The average molecular weight is 421 g/mol. The number of methoxy groups -OCH3 is 1. The number of benzene rings is 2. The van der Waals surface area contributed by atoms with Gasteiger partial charge in [-0.2, -0.15) is 0 Å². The fourth-order valence-electron chi connectivity index (χ4n) is 2.98. The van der Waals surface area contributed by atoms with Crippen LogP contribution in [0.5, 0.6) is 17.2 Å². The van der Waals surface area contributed by atoms with Crippen molar-refractivity contribution in [1.29, 1.82) is 0 Å². The Bertz CT molecular complexity index is 840. The summed E-state index contributed by atoms with van der Waals surface area (Å²) < 4.78 is 16.8. The summed E-state index contributed by atoms with van der Waals surface area (Å²) in [6, 6.07) is 11.9. The van der Waals surface area contributed by atoms with E-state index in [9.17, 15) is 25.2 Å². The van der Waals surface area contributed by atoms with Crippen molar-refractivity contribution in [1.82, 2.24) is 0 Å². The quantitative estimate of drug-likeness (QED) is 0.475. The number of phenolic OH excluding ortho intramolecular Hbond substituents is 1. The number of hydrogen-bond donors (Lipinski definition) is 5. The first-order chi connectivity index (χ1) is 14.3. The van der Waals surface area contributed by atoms with Crippen LogP contribution < -0.4 is 15.2 Å². The van der Waals surface area contributed by atoms with Gasteiger partial charge in [0.2, 0.25) is 12.2 Å². The van der Waals surface area contributed by atoms with Gasteiger partial charge in [-0.3, -0.25) is 4.79 Å². The van der Waals surface area contributed by atoms with Crippen LogP contribution in [0, 0.1) is 0 Å². The first kappa shape index (κ1) is 23.4. The van der Waals surface area contributed by atoms with Crippen LogP contribution in [0.2, 0.25) is 0 Å². The number of aromatic hydroxyl groups is 1. The van der Waals surface area contributed by atoms with Crippen LogP contribution >= 0.6 is 0 Å². The van der Waals surface area contributed by atoms with Crippen molar-refractivity contribution in [2.75, 3.05) is 13.7 Å². The van der Waals surface area contributed by atoms with E-state index in [1.807, 2.05) is 12.1 Å². The van der Waals surface area contributed by atoms with Crippen LogP contribution in [0.25, 0.3) is 11.1 Å². The molecule has 0 aliphatic carbocycles. The number of rotatable bonds is 5. The van der Waals surface area contributed by atoms with Gasteiger partial charge in [0.1, 0.15) is 29.5 Å². The molecular weight excluding hydrogens is 394 g/mol. The van der Waals surface area contributed by atoms with Gasteiger partial charge in [0.05, 0.1) is 19.8 Å². The maximum atomic E-state index is 9.96. The molecular formula is C21H27NO8. The summed E-state index contributed by atoms with van der Waals surface area (Å²) >= 11 is 0. The highest BCUT2D eigenvalue weighted by Crippen LogP contribution is 2.39. The third-order valence-electron chi connectivity index (χ3n) is 4.33. The number of phenols is 1. The molecule has 1 fully saturated rings. The van der Waals surface area contributed by atoms with Gasteiger partial charge in [0.15, 0.2) is 0 Å². The minimum Gasteiger partial charge on any atom is -0.508 e. The lowest BCUT2D eigenvalue weighted by Crippen LogP contribution is -2.51. The number of carbonyl (C=O) groups excluding carboxylic acids is 1. The molecule has 4 unspecified atom stereocenters. The minimum absolute atomic E-state index is 0.0587. The highest BCUT2D eigenvalue weighted by molar-refractivity contribution is 5.77. The molecule has 2 aromatic carbocycles. The molecule has 164 valence electrons. The SMILES string of the molecule is CC(N)=O.COc1ccc(O)cc1-c1ccccc1OC1CC(O)C(O)C(CO)O1. The molecule has 3 rings (SSSR count). The van der Waals surface area contributed by atoms with Gasteiger partial charge >= 0.3 is 0 Å². The topological polar surface area (TPSA) is 152 Å². The molecule has 1 aliphatic heterocycles. The molecule has 4 atom stereocenters. The third-order valence-corrected chi connectivity index (χ3v) is 4.33. The molecule has 1 saturated heterocycles. The van der Waals surface area contributed by atoms with Crippen molar-refractivity contribution in [2.45, 2.75) is 37.9 Å². The van der Waals surface area contributed by atoms with Crippen molar-refractivity contribution in [3.05, 3.63) is 42.5 Å². The molecule has 0 spiro atoms. The number of hydrogen-bond acceptors (Lipinski definition) is 8. The number of aliphatic hydroxyl groups excluding tert-OH is 3. The van der Waals surface area contributed by atoms with Gasteiger partial charge in [-0.05, 0) is 24.3 Å². The smallest absolute Gasteiger partial charge is 0.214 e. The second kappa shape index (κ2) is 10.8. The number of ether oxygens (including phenoxy) is 3. The van der Waals surface area contributed by atoms with E-state index in [-0.39, 0.29) is 18.1 Å². The van der Waals surface area contributed by atoms with E-state index in [1.54, 1.807) is 24.3 Å². The first-order valence-corrected chi connectivity index (χ1v) is 9.28. The van der Waals surface area contributed by atoms with Crippen LogP contribution in [0.15, 0.2) is 42.5 Å². The van der Waals surface area contributed by atoms with Crippen molar-refractivity contribution >= 4 is 5.91 Å². The number of primary amides is 1. The Labute approximate surface area is 174 Å². The Morgan fingerprint density at radius 2 is 1.83 bits per heavy atom. The van der Waals surface area contributed by atoms with Crippen LogP contribution in [-0.2, 0) is 9.53 Å². The molecule has 6 N–H and O–H groups in total. The summed E-state index contributed by atoms with van der Waals surface area (Å²) in [6.07, 6.45) is -3.93. The Morgan fingerprint density at radius 3 is 2.47 bits per heavy atom. The molecule has 0 bridgehead atoms. The number of amides is 1. The largest absolute Gasteiger partial charge is 0.508 e. The molecule has 0 aromatic heterocycles. The average Bonchev–Trinajstić information content (AvgIpc) is 2.70. The molecule has 1 amide bonds. The second-order valence-corrected chi connectivity index (χ2v) is 6.69. The number of aliphatic hydroxyl groups is 3. The molecule has 1 heterocycles. The van der Waals surface area contributed by atoms with Crippen molar-refractivity contribution in [3.63, 3.8) is 0 Å². The third kappa shape index (κ3) is 6.07. The predicted molar refractivity (Wildman–Crippen MR) is 108 cm³/mol. The number of nitrogens with two attached hydrogens (primary N) is 1. The van der Waals surface area contributed by atoms with E-state index < -0.39 is 31.2 Å². The van der Waals surface area contributed by atoms with E-state index >= 15 is 0 Å². The summed E-state index contributed by atoms with van der Waals surface area (Å²) in [5.74, 6) is 0.775. The summed E-state index contributed by atoms with van der Waals surface area (Å²) in [7, 11) is 1.53. The molecule has 30 heavy (non-hydrogen) atoms. The maximum absolute atomic E-state index is 9.96. The summed E-state index contributed by atoms with van der Waals surface area (Å²) in [5, 5.41) is 38.9. The molecule has 9 nitrogen and oxygen atoms in total. The van der Waals surface area contributed by atoms with Crippen LogP contribution in [0.1, 0.15) is 13.3 Å².